The Kier molecular flexibility index (Phi) is 4.11. The van der Waals surface area contributed by atoms with Gasteiger partial charge in [-0.15, -0.1) is 0 Å². The van der Waals surface area contributed by atoms with Crippen molar-refractivity contribution in [1.29, 1.82) is 0 Å². The van der Waals surface area contributed by atoms with Crippen LogP contribution in [-0.4, -0.2) is 40.8 Å². The van der Waals surface area contributed by atoms with Crippen LogP contribution in [0.1, 0.15) is 32.9 Å². The number of carbonyl (C=O) groups excluding carboxylic acids is 1. The molecular weight excluding hydrogens is 256 g/mol. The number of hydrogen-bond donors (Lipinski definition) is 1. The van der Waals surface area contributed by atoms with E-state index in [1.165, 1.54) is 0 Å². The van der Waals surface area contributed by atoms with E-state index in [0.717, 1.165) is 31.0 Å². The van der Waals surface area contributed by atoms with Crippen molar-refractivity contribution in [3.05, 3.63) is 18.1 Å². The third-order valence-corrected chi connectivity index (χ3v) is 3.00. The molecule has 0 unspecified atom stereocenters. The second kappa shape index (κ2) is 5.64. The lowest BCUT2D eigenvalue weighted by Gasteiger charge is -2.22. The molecule has 0 aliphatic carbocycles. The Balaban J connectivity index is 1.86. The third-order valence-electron chi connectivity index (χ3n) is 3.00. The van der Waals surface area contributed by atoms with Crippen LogP contribution in [0.3, 0.4) is 0 Å². The normalized spacial score (nSPS) is 19.0. The summed E-state index contributed by atoms with van der Waals surface area (Å²) in [7, 11) is 0. The Morgan fingerprint density at radius 2 is 2.15 bits per heavy atom. The van der Waals surface area contributed by atoms with Gasteiger partial charge in [0.2, 0.25) is 0 Å². The fourth-order valence-electron chi connectivity index (χ4n) is 2.11. The standard InChI is InChI=1S/C14H22N4O2/c1-10-7-16-12(8-15-10)18-6-5-11(9-18)17-13(19)20-14(2,3)4/h7-8,11H,5-6,9H2,1-4H3,(H,17,19)/t11-/m0/s1. The van der Waals surface area contributed by atoms with Crippen molar-refractivity contribution in [3.8, 4) is 0 Å². The zero-order chi connectivity index (χ0) is 14.8. The van der Waals surface area contributed by atoms with Crippen LogP contribution in [0, 0.1) is 6.92 Å². The van der Waals surface area contributed by atoms with Gasteiger partial charge in [-0.3, -0.25) is 4.98 Å². The number of hydrogen-bond acceptors (Lipinski definition) is 5. The van der Waals surface area contributed by atoms with E-state index >= 15 is 0 Å². The molecule has 1 aromatic rings. The Hall–Kier alpha value is -1.85. The second-order valence-electron chi connectivity index (χ2n) is 6.09. The lowest BCUT2D eigenvalue weighted by molar-refractivity contribution is 0.0509. The SMILES string of the molecule is Cc1cnc(N2CC[C@H](NC(=O)OC(C)(C)C)C2)cn1. The van der Waals surface area contributed by atoms with Crippen molar-refractivity contribution in [2.45, 2.75) is 45.8 Å². The van der Waals surface area contributed by atoms with Crippen LogP contribution in [0.5, 0.6) is 0 Å². The number of carbonyl (C=O) groups is 1. The van der Waals surface area contributed by atoms with Gasteiger partial charge in [-0.1, -0.05) is 0 Å². The maximum atomic E-state index is 11.7. The second-order valence-corrected chi connectivity index (χ2v) is 6.09. The molecule has 110 valence electrons. The van der Waals surface area contributed by atoms with Crippen molar-refractivity contribution in [2.75, 3.05) is 18.0 Å². The Morgan fingerprint density at radius 1 is 1.40 bits per heavy atom. The minimum Gasteiger partial charge on any atom is -0.444 e. The Morgan fingerprint density at radius 3 is 2.75 bits per heavy atom. The number of ether oxygens (including phenoxy) is 1. The van der Waals surface area contributed by atoms with Gasteiger partial charge in [0.1, 0.15) is 11.4 Å². The average molecular weight is 278 g/mol. The molecule has 1 N–H and O–H groups in total. The molecule has 0 saturated carbocycles. The minimum absolute atomic E-state index is 0.0907. The number of rotatable bonds is 2. The van der Waals surface area contributed by atoms with Gasteiger partial charge in [-0.25, -0.2) is 9.78 Å². The molecule has 1 saturated heterocycles. The number of alkyl carbamates (subject to hydrolysis) is 1. The largest absolute Gasteiger partial charge is 0.444 e. The Labute approximate surface area is 119 Å². The van der Waals surface area contributed by atoms with Crippen LogP contribution in [0.15, 0.2) is 12.4 Å². The van der Waals surface area contributed by atoms with Gasteiger partial charge in [0.25, 0.3) is 0 Å². The average Bonchev–Trinajstić information content (AvgIpc) is 2.75. The molecule has 1 atom stereocenters. The molecule has 1 aromatic heterocycles. The van der Waals surface area contributed by atoms with E-state index in [-0.39, 0.29) is 12.1 Å². The van der Waals surface area contributed by atoms with E-state index in [1.54, 1.807) is 12.4 Å². The summed E-state index contributed by atoms with van der Waals surface area (Å²) in [6.07, 6.45) is 4.04. The van der Waals surface area contributed by atoms with E-state index in [2.05, 4.69) is 20.2 Å². The topological polar surface area (TPSA) is 67.4 Å². The molecule has 20 heavy (non-hydrogen) atoms. The first-order chi connectivity index (χ1) is 9.33. The highest BCUT2D eigenvalue weighted by Gasteiger charge is 2.26. The lowest BCUT2D eigenvalue weighted by Crippen LogP contribution is -2.40. The first kappa shape index (κ1) is 14.6. The summed E-state index contributed by atoms with van der Waals surface area (Å²) >= 11 is 0. The number of amides is 1. The van der Waals surface area contributed by atoms with Gasteiger partial charge in [0, 0.05) is 13.1 Å². The predicted octanol–water partition coefficient (Wildman–Crippen LogP) is 1.89. The molecule has 1 amide bonds. The molecule has 0 bridgehead atoms. The smallest absolute Gasteiger partial charge is 0.407 e. The monoisotopic (exact) mass is 278 g/mol. The molecule has 6 nitrogen and oxygen atoms in total. The Bertz CT molecular complexity index is 467. The van der Waals surface area contributed by atoms with E-state index < -0.39 is 5.60 Å². The zero-order valence-electron chi connectivity index (χ0n) is 12.5. The van der Waals surface area contributed by atoms with Crippen LogP contribution in [-0.2, 0) is 4.74 Å². The first-order valence-electron chi connectivity index (χ1n) is 6.86. The minimum atomic E-state index is -0.467. The lowest BCUT2D eigenvalue weighted by atomic mass is 10.2. The summed E-state index contributed by atoms with van der Waals surface area (Å²) in [4.78, 5) is 22.4. The molecule has 1 aliphatic rings. The van der Waals surface area contributed by atoms with Gasteiger partial charge < -0.3 is 15.0 Å². The molecule has 2 heterocycles. The summed E-state index contributed by atoms with van der Waals surface area (Å²) < 4.78 is 5.26. The molecule has 1 fully saturated rings. The van der Waals surface area contributed by atoms with E-state index in [9.17, 15) is 4.79 Å². The van der Waals surface area contributed by atoms with Crippen LogP contribution in [0.25, 0.3) is 0 Å². The third kappa shape index (κ3) is 4.08. The summed E-state index contributed by atoms with van der Waals surface area (Å²) in [5.74, 6) is 0.851. The molecule has 0 radical (unpaired) electrons. The first-order valence-corrected chi connectivity index (χ1v) is 6.86. The van der Waals surface area contributed by atoms with Crippen LogP contribution in [0.4, 0.5) is 10.6 Å². The number of aromatic nitrogens is 2. The summed E-state index contributed by atoms with van der Waals surface area (Å²) in [6, 6.07) is 0.0907. The van der Waals surface area contributed by atoms with Gasteiger partial charge in [-0.05, 0) is 34.1 Å². The van der Waals surface area contributed by atoms with Crippen LogP contribution < -0.4 is 10.2 Å². The van der Waals surface area contributed by atoms with Crippen LogP contribution >= 0.6 is 0 Å². The number of aryl methyl sites for hydroxylation is 1. The van der Waals surface area contributed by atoms with Gasteiger partial charge in [0.15, 0.2) is 0 Å². The van der Waals surface area contributed by atoms with E-state index in [4.69, 9.17) is 4.74 Å². The maximum Gasteiger partial charge on any atom is 0.407 e. The van der Waals surface area contributed by atoms with Crippen molar-refractivity contribution in [2.24, 2.45) is 0 Å². The zero-order valence-corrected chi connectivity index (χ0v) is 12.5. The van der Waals surface area contributed by atoms with Crippen molar-refractivity contribution in [3.63, 3.8) is 0 Å². The van der Waals surface area contributed by atoms with Gasteiger partial charge in [-0.2, -0.15) is 0 Å². The highest BCUT2D eigenvalue weighted by Crippen LogP contribution is 2.17. The van der Waals surface area contributed by atoms with E-state index in [1.807, 2.05) is 27.7 Å². The number of nitrogens with zero attached hydrogens (tertiary/aromatic N) is 3. The summed E-state index contributed by atoms with van der Waals surface area (Å²) in [6.45, 7) is 9.07. The van der Waals surface area contributed by atoms with Crippen molar-refractivity contribution in [1.82, 2.24) is 15.3 Å². The fourth-order valence-corrected chi connectivity index (χ4v) is 2.11. The van der Waals surface area contributed by atoms with Crippen molar-refractivity contribution < 1.29 is 9.53 Å². The molecule has 6 heteroatoms. The fraction of sp³-hybridized carbons (Fsp3) is 0.643. The van der Waals surface area contributed by atoms with E-state index in [0.29, 0.717) is 0 Å². The maximum absolute atomic E-state index is 11.7. The number of anilines is 1. The predicted molar refractivity (Wildman–Crippen MR) is 76.8 cm³/mol. The highest BCUT2D eigenvalue weighted by molar-refractivity contribution is 5.68. The molecular formula is C14H22N4O2. The van der Waals surface area contributed by atoms with Crippen LogP contribution in [0.2, 0.25) is 0 Å². The molecule has 0 spiro atoms. The van der Waals surface area contributed by atoms with Gasteiger partial charge >= 0.3 is 6.09 Å². The van der Waals surface area contributed by atoms with Crippen molar-refractivity contribution >= 4 is 11.9 Å². The molecule has 2 rings (SSSR count). The highest BCUT2D eigenvalue weighted by atomic mass is 16.6. The summed E-state index contributed by atoms with van der Waals surface area (Å²) in [5, 5.41) is 2.90. The quantitative estimate of drug-likeness (QED) is 0.894. The molecule has 1 aliphatic heterocycles. The summed E-state index contributed by atoms with van der Waals surface area (Å²) in [5.41, 5.74) is 0.432. The molecule has 0 aromatic carbocycles. The van der Waals surface area contributed by atoms with Gasteiger partial charge in [0.05, 0.1) is 24.1 Å². The number of nitrogens with one attached hydrogen (secondary N) is 1.